The second kappa shape index (κ2) is 13.0. The molecule has 0 aliphatic carbocycles. The van der Waals surface area contributed by atoms with E-state index in [-0.39, 0.29) is 18.6 Å². The Morgan fingerprint density at radius 2 is 2.07 bits per heavy atom. The molecule has 1 heterocycles. The Balaban J connectivity index is 1.64. The van der Waals surface area contributed by atoms with Crippen molar-refractivity contribution in [3.05, 3.63) is 29.8 Å². The van der Waals surface area contributed by atoms with Crippen molar-refractivity contribution in [3.8, 4) is 5.75 Å². The Kier molecular flexibility index (Phi) is 10.2. The van der Waals surface area contributed by atoms with Gasteiger partial charge in [0.05, 0.1) is 19.8 Å². The first kappa shape index (κ1) is 22.0. The number of nitrogens with one attached hydrogen (secondary N) is 3. The highest BCUT2D eigenvalue weighted by Crippen LogP contribution is 2.11. The van der Waals surface area contributed by atoms with Crippen LogP contribution in [0.15, 0.2) is 29.3 Å². The summed E-state index contributed by atoms with van der Waals surface area (Å²) in [6.07, 6.45) is 2.07. The van der Waals surface area contributed by atoms with Crippen LogP contribution in [0.2, 0.25) is 0 Å². The van der Waals surface area contributed by atoms with Crippen molar-refractivity contribution < 1.29 is 19.0 Å². The van der Waals surface area contributed by atoms with Gasteiger partial charge in [0, 0.05) is 32.8 Å². The van der Waals surface area contributed by atoms with Gasteiger partial charge < -0.3 is 30.2 Å². The summed E-state index contributed by atoms with van der Waals surface area (Å²) in [5.74, 6) is 1.30. The lowest BCUT2D eigenvalue weighted by atomic mass is 10.2. The minimum absolute atomic E-state index is 0.0708. The van der Waals surface area contributed by atoms with Crippen LogP contribution in [-0.2, 0) is 20.8 Å². The smallest absolute Gasteiger partial charge is 0.242 e. The van der Waals surface area contributed by atoms with Crippen LogP contribution >= 0.6 is 0 Å². The molecule has 2 rings (SSSR count). The maximum absolute atomic E-state index is 12.0. The topological polar surface area (TPSA) is 93.2 Å². The molecule has 1 aromatic rings. The number of aliphatic imine (C=N–C) groups is 1. The van der Waals surface area contributed by atoms with Gasteiger partial charge in [0.25, 0.3) is 0 Å². The predicted molar refractivity (Wildman–Crippen MR) is 109 cm³/mol. The standard InChI is InChI=1S/C20H32N4O4/c1-3-21-20(22-10-4-11-28-18-9-12-27-15-18)24-14-19(25)23-13-16-5-7-17(26-2)8-6-16/h5-8,18H,3-4,9-15H2,1-2H3,(H,23,25)(H2,21,22,24). The number of carbonyl (C=O) groups excluding carboxylic acids is 1. The fourth-order valence-electron chi connectivity index (χ4n) is 2.67. The van der Waals surface area contributed by atoms with E-state index in [1.54, 1.807) is 7.11 Å². The molecular formula is C20H32N4O4. The van der Waals surface area contributed by atoms with E-state index in [9.17, 15) is 4.79 Å². The third-order valence-corrected chi connectivity index (χ3v) is 4.23. The van der Waals surface area contributed by atoms with Crippen molar-refractivity contribution >= 4 is 11.9 Å². The number of amides is 1. The van der Waals surface area contributed by atoms with E-state index in [4.69, 9.17) is 14.2 Å². The predicted octanol–water partition coefficient (Wildman–Crippen LogP) is 1.06. The highest BCUT2D eigenvalue weighted by Gasteiger charge is 2.15. The van der Waals surface area contributed by atoms with E-state index in [0.29, 0.717) is 25.7 Å². The van der Waals surface area contributed by atoms with Crippen molar-refractivity contribution in [2.24, 2.45) is 4.99 Å². The quantitative estimate of drug-likeness (QED) is 0.296. The molecular weight excluding hydrogens is 360 g/mol. The minimum Gasteiger partial charge on any atom is -0.497 e. The van der Waals surface area contributed by atoms with Crippen LogP contribution in [0, 0.1) is 0 Å². The minimum atomic E-state index is -0.127. The van der Waals surface area contributed by atoms with E-state index in [1.807, 2.05) is 31.2 Å². The van der Waals surface area contributed by atoms with Gasteiger partial charge in [-0.3, -0.25) is 4.79 Å². The molecule has 0 saturated carbocycles. The number of hydrogen-bond acceptors (Lipinski definition) is 5. The summed E-state index contributed by atoms with van der Waals surface area (Å²) < 4.78 is 16.1. The van der Waals surface area contributed by atoms with Crippen molar-refractivity contribution in [3.63, 3.8) is 0 Å². The lowest BCUT2D eigenvalue weighted by Gasteiger charge is -2.13. The zero-order chi connectivity index (χ0) is 20.0. The Morgan fingerprint density at radius 3 is 2.75 bits per heavy atom. The lowest BCUT2D eigenvalue weighted by molar-refractivity contribution is -0.119. The summed E-state index contributed by atoms with van der Waals surface area (Å²) in [6, 6.07) is 7.59. The number of benzene rings is 1. The third-order valence-electron chi connectivity index (χ3n) is 4.23. The van der Waals surface area contributed by atoms with Gasteiger partial charge in [-0.15, -0.1) is 0 Å². The second-order valence-electron chi connectivity index (χ2n) is 6.46. The number of ether oxygens (including phenoxy) is 3. The van der Waals surface area contributed by atoms with E-state index >= 15 is 0 Å². The summed E-state index contributed by atoms with van der Waals surface area (Å²) in [7, 11) is 1.63. The maximum atomic E-state index is 12.0. The summed E-state index contributed by atoms with van der Waals surface area (Å²) >= 11 is 0. The zero-order valence-electron chi connectivity index (χ0n) is 16.8. The van der Waals surface area contributed by atoms with Crippen LogP contribution in [0.5, 0.6) is 5.75 Å². The van der Waals surface area contributed by atoms with Crippen LogP contribution in [0.4, 0.5) is 0 Å². The van der Waals surface area contributed by atoms with Crippen molar-refractivity contribution in [1.29, 1.82) is 0 Å². The summed E-state index contributed by atoms with van der Waals surface area (Å²) in [4.78, 5) is 16.4. The van der Waals surface area contributed by atoms with Crippen LogP contribution in [-0.4, -0.2) is 64.5 Å². The number of guanidine groups is 1. The van der Waals surface area contributed by atoms with Gasteiger partial charge >= 0.3 is 0 Å². The number of rotatable bonds is 11. The number of hydrogen-bond donors (Lipinski definition) is 3. The van der Waals surface area contributed by atoms with Gasteiger partial charge in [-0.2, -0.15) is 0 Å². The highest BCUT2D eigenvalue weighted by molar-refractivity contribution is 5.84. The lowest BCUT2D eigenvalue weighted by Crippen LogP contribution is -2.39. The van der Waals surface area contributed by atoms with E-state index in [2.05, 4.69) is 20.9 Å². The van der Waals surface area contributed by atoms with E-state index in [0.717, 1.165) is 43.9 Å². The molecule has 0 bridgehead atoms. The Labute approximate surface area is 167 Å². The number of nitrogens with zero attached hydrogens (tertiary/aromatic N) is 1. The number of carbonyl (C=O) groups is 1. The molecule has 1 fully saturated rings. The average molecular weight is 393 g/mol. The molecule has 3 N–H and O–H groups in total. The first-order valence-electron chi connectivity index (χ1n) is 9.82. The molecule has 8 heteroatoms. The molecule has 1 unspecified atom stereocenters. The molecule has 28 heavy (non-hydrogen) atoms. The summed E-state index contributed by atoms with van der Waals surface area (Å²) in [5, 5.41) is 9.23. The van der Waals surface area contributed by atoms with E-state index in [1.165, 1.54) is 0 Å². The van der Waals surface area contributed by atoms with Crippen molar-refractivity contribution in [2.75, 3.05) is 46.6 Å². The molecule has 1 aliphatic heterocycles. The van der Waals surface area contributed by atoms with Gasteiger partial charge in [-0.1, -0.05) is 12.1 Å². The fourth-order valence-corrected chi connectivity index (χ4v) is 2.67. The molecule has 1 aliphatic rings. The van der Waals surface area contributed by atoms with Crippen LogP contribution < -0.4 is 20.7 Å². The Morgan fingerprint density at radius 1 is 1.25 bits per heavy atom. The molecule has 8 nitrogen and oxygen atoms in total. The number of methoxy groups -OCH3 is 1. The molecule has 1 amide bonds. The van der Waals surface area contributed by atoms with Gasteiger partial charge in [-0.05, 0) is 37.5 Å². The first-order chi connectivity index (χ1) is 13.7. The molecule has 1 aromatic carbocycles. The zero-order valence-corrected chi connectivity index (χ0v) is 16.8. The van der Waals surface area contributed by atoms with Crippen molar-refractivity contribution in [2.45, 2.75) is 32.4 Å². The molecule has 156 valence electrons. The maximum Gasteiger partial charge on any atom is 0.242 e. The van der Waals surface area contributed by atoms with Gasteiger partial charge in [0.1, 0.15) is 12.3 Å². The molecule has 0 spiro atoms. The largest absolute Gasteiger partial charge is 0.497 e. The summed E-state index contributed by atoms with van der Waals surface area (Å²) in [6.45, 7) is 6.16. The van der Waals surface area contributed by atoms with Crippen LogP contribution in [0.25, 0.3) is 0 Å². The van der Waals surface area contributed by atoms with E-state index < -0.39 is 0 Å². The van der Waals surface area contributed by atoms with Crippen LogP contribution in [0.1, 0.15) is 25.3 Å². The van der Waals surface area contributed by atoms with Gasteiger partial charge in [0.2, 0.25) is 5.91 Å². The first-order valence-corrected chi connectivity index (χ1v) is 9.82. The molecule has 1 atom stereocenters. The molecule has 1 saturated heterocycles. The third kappa shape index (κ3) is 8.58. The van der Waals surface area contributed by atoms with Crippen LogP contribution in [0.3, 0.4) is 0 Å². The fraction of sp³-hybridized carbons (Fsp3) is 0.600. The normalized spacial score (nSPS) is 16.6. The monoisotopic (exact) mass is 392 g/mol. The summed E-state index contributed by atoms with van der Waals surface area (Å²) in [5.41, 5.74) is 1.01. The Hall–Kier alpha value is -2.32. The highest BCUT2D eigenvalue weighted by atomic mass is 16.5. The van der Waals surface area contributed by atoms with Gasteiger partial charge in [0.15, 0.2) is 5.96 Å². The molecule has 0 radical (unpaired) electrons. The average Bonchev–Trinajstić information content (AvgIpc) is 3.24. The molecule has 0 aromatic heterocycles. The SMILES string of the molecule is CCNC(=NCC(=O)NCc1ccc(OC)cc1)NCCCOC1CCOC1. The Bertz CT molecular complexity index is 601. The van der Waals surface area contributed by atoms with Crippen molar-refractivity contribution in [1.82, 2.24) is 16.0 Å². The van der Waals surface area contributed by atoms with Gasteiger partial charge in [-0.25, -0.2) is 4.99 Å². The second-order valence-corrected chi connectivity index (χ2v) is 6.46.